The molecule has 0 spiro atoms. The molecule has 0 aliphatic carbocycles. The quantitative estimate of drug-likeness (QED) is 0.306. The van der Waals surface area contributed by atoms with Crippen molar-refractivity contribution in [1.82, 2.24) is 4.98 Å². The van der Waals surface area contributed by atoms with E-state index in [2.05, 4.69) is 0 Å². The second kappa shape index (κ2) is 8.52. The highest BCUT2D eigenvalue weighted by Gasteiger charge is 2.21. The first kappa shape index (κ1) is 20.5. The summed E-state index contributed by atoms with van der Waals surface area (Å²) in [5, 5.41) is 0.712. The third-order valence-corrected chi connectivity index (χ3v) is 5.42. The molecule has 31 heavy (non-hydrogen) atoms. The van der Waals surface area contributed by atoms with Gasteiger partial charge in [-0.05, 0) is 44.0 Å². The minimum atomic E-state index is -0.521. The van der Waals surface area contributed by atoms with Gasteiger partial charge in [-0.3, -0.25) is 4.79 Å². The van der Waals surface area contributed by atoms with Gasteiger partial charge in [0.25, 0.3) is 0 Å². The van der Waals surface area contributed by atoms with Gasteiger partial charge in [-0.1, -0.05) is 66.2 Å². The van der Waals surface area contributed by atoms with E-state index in [1.807, 2.05) is 93.6 Å². The fourth-order valence-corrected chi connectivity index (χ4v) is 3.76. The number of aromatic nitrogens is 1. The van der Waals surface area contributed by atoms with Gasteiger partial charge in [0, 0.05) is 16.5 Å². The molecule has 0 fully saturated rings. The third-order valence-electron chi connectivity index (χ3n) is 5.42. The van der Waals surface area contributed by atoms with Crippen LogP contribution in [0.5, 0.6) is 0 Å². The SMILES string of the molecule is Cc1ccc(C)c(C(=O)COC(=O)c2c(C)c(-c3ccccc3)nc3ccccc23)c1. The van der Waals surface area contributed by atoms with Crippen molar-refractivity contribution in [3.8, 4) is 11.3 Å². The van der Waals surface area contributed by atoms with Crippen LogP contribution in [0.2, 0.25) is 0 Å². The molecule has 0 amide bonds. The normalized spacial score (nSPS) is 10.8. The highest BCUT2D eigenvalue weighted by atomic mass is 16.5. The Morgan fingerprint density at radius 3 is 2.35 bits per heavy atom. The molecule has 4 nitrogen and oxygen atoms in total. The van der Waals surface area contributed by atoms with Gasteiger partial charge in [-0.2, -0.15) is 0 Å². The lowest BCUT2D eigenvalue weighted by atomic mass is 9.98. The Kier molecular flexibility index (Phi) is 5.63. The minimum absolute atomic E-state index is 0.214. The monoisotopic (exact) mass is 409 g/mol. The lowest BCUT2D eigenvalue weighted by molar-refractivity contribution is 0.0475. The van der Waals surface area contributed by atoms with Crippen molar-refractivity contribution in [3.63, 3.8) is 0 Å². The molecule has 4 aromatic rings. The number of pyridine rings is 1. The number of rotatable bonds is 5. The second-order valence-electron chi connectivity index (χ2n) is 7.66. The van der Waals surface area contributed by atoms with Gasteiger partial charge in [-0.15, -0.1) is 0 Å². The van der Waals surface area contributed by atoms with E-state index in [1.165, 1.54) is 0 Å². The van der Waals surface area contributed by atoms with Gasteiger partial charge in [0.1, 0.15) is 0 Å². The Bertz CT molecular complexity index is 1290. The van der Waals surface area contributed by atoms with Crippen LogP contribution in [0.25, 0.3) is 22.2 Å². The number of esters is 1. The number of carbonyl (C=O) groups excluding carboxylic acids is 2. The molecule has 0 bridgehead atoms. The summed E-state index contributed by atoms with van der Waals surface area (Å²) >= 11 is 0. The molecular formula is C27H23NO3. The Hall–Kier alpha value is -3.79. The summed E-state index contributed by atoms with van der Waals surface area (Å²) in [7, 11) is 0. The zero-order chi connectivity index (χ0) is 22.0. The molecule has 0 saturated carbocycles. The summed E-state index contributed by atoms with van der Waals surface area (Å²) in [6, 6.07) is 22.9. The first-order chi connectivity index (χ1) is 15.0. The highest BCUT2D eigenvalue weighted by Crippen LogP contribution is 2.30. The Morgan fingerprint density at radius 1 is 0.871 bits per heavy atom. The van der Waals surface area contributed by atoms with Crippen molar-refractivity contribution in [2.24, 2.45) is 0 Å². The van der Waals surface area contributed by atoms with Crippen molar-refractivity contribution in [2.45, 2.75) is 20.8 Å². The van der Waals surface area contributed by atoms with Crippen LogP contribution >= 0.6 is 0 Å². The van der Waals surface area contributed by atoms with Crippen LogP contribution in [-0.4, -0.2) is 23.3 Å². The molecule has 0 unspecified atom stereocenters. The molecule has 0 N–H and O–H groups in total. The third kappa shape index (κ3) is 4.10. The van der Waals surface area contributed by atoms with Gasteiger partial charge in [0.15, 0.2) is 6.61 Å². The predicted octanol–water partition coefficient (Wildman–Crippen LogP) is 5.87. The molecule has 4 heteroatoms. The average molecular weight is 409 g/mol. The van der Waals surface area contributed by atoms with E-state index >= 15 is 0 Å². The van der Waals surface area contributed by atoms with E-state index < -0.39 is 5.97 Å². The van der Waals surface area contributed by atoms with E-state index in [1.54, 1.807) is 0 Å². The lowest BCUT2D eigenvalue weighted by Gasteiger charge is -2.14. The molecule has 1 aromatic heterocycles. The molecule has 1 heterocycles. The van der Waals surface area contributed by atoms with Crippen LogP contribution in [0.4, 0.5) is 0 Å². The molecule has 0 aliphatic heterocycles. The summed E-state index contributed by atoms with van der Waals surface area (Å²) in [6.45, 7) is 5.37. The number of benzene rings is 3. The van der Waals surface area contributed by atoms with Crippen LogP contribution < -0.4 is 0 Å². The number of nitrogens with zero attached hydrogens (tertiary/aromatic N) is 1. The van der Waals surface area contributed by atoms with Crippen LogP contribution in [-0.2, 0) is 4.74 Å². The molecule has 4 rings (SSSR count). The van der Waals surface area contributed by atoms with Crippen molar-refractivity contribution < 1.29 is 14.3 Å². The smallest absolute Gasteiger partial charge is 0.339 e. The van der Waals surface area contributed by atoms with E-state index in [0.29, 0.717) is 22.0 Å². The van der Waals surface area contributed by atoms with E-state index in [-0.39, 0.29) is 12.4 Å². The summed E-state index contributed by atoms with van der Waals surface area (Å²) in [6.07, 6.45) is 0. The molecule has 154 valence electrons. The fourth-order valence-electron chi connectivity index (χ4n) is 3.76. The summed E-state index contributed by atoms with van der Waals surface area (Å²) in [5.41, 5.74) is 5.96. The summed E-state index contributed by atoms with van der Waals surface area (Å²) in [5.74, 6) is -0.735. The zero-order valence-corrected chi connectivity index (χ0v) is 17.8. The average Bonchev–Trinajstić information content (AvgIpc) is 2.79. The first-order valence-corrected chi connectivity index (χ1v) is 10.2. The molecule has 0 atom stereocenters. The van der Waals surface area contributed by atoms with Gasteiger partial charge in [-0.25, -0.2) is 9.78 Å². The maximum Gasteiger partial charge on any atom is 0.339 e. The molecule has 0 saturated heterocycles. The van der Waals surface area contributed by atoms with Crippen molar-refractivity contribution in [3.05, 3.63) is 101 Å². The van der Waals surface area contributed by atoms with E-state index in [0.717, 1.165) is 27.9 Å². The lowest BCUT2D eigenvalue weighted by Crippen LogP contribution is -2.17. The number of hydrogen-bond donors (Lipinski definition) is 0. The van der Waals surface area contributed by atoms with E-state index in [9.17, 15) is 9.59 Å². The number of ether oxygens (including phenoxy) is 1. The molecule has 0 radical (unpaired) electrons. The number of Topliss-reactive ketones (excluding diaryl/α,β-unsaturated/α-hetero) is 1. The summed E-state index contributed by atoms with van der Waals surface area (Å²) < 4.78 is 5.50. The Labute approximate surface area is 181 Å². The van der Waals surface area contributed by atoms with Gasteiger partial charge in [0.05, 0.1) is 16.8 Å². The van der Waals surface area contributed by atoms with Crippen molar-refractivity contribution >= 4 is 22.7 Å². The number of hydrogen-bond acceptors (Lipinski definition) is 4. The van der Waals surface area contributed by atoms with Crippen LogP contribution in [0.3, 0.4) is 0 Å². The predicted molar refractivity (Wildman–Crippen MR) is 122 cm³/mol. The fraction of sp³-hybridized carbons (Fsp3) is 0.148. The maximum atomic E-state index is 13.1. The molecule has 0 aliphatic rings. The zero-order valence-electron chi connectivity index (χ0n) is 17.8. The number of ketones is 1. The largest absolute Gasteiger partial charge is 0.454 e. The van der Waals surface area contributed by atoms with Crippen LogP contribution in [0.15, 0.2) is 72.8 Å². The summed E-state index contributed by atoms with van der Waals surface area (Å²) in [4.78, 5) is 30.6. The Balaban J connectivity index is 1.70. The molecule has 3 aromatic carbocycles. The second-order valence-corrected chi connectivity index (χ2v) is 7.66. The highest BCUT2D eigenvalue weighted by molar-refractivity contribution is 6.07. The van der Waals surface area contributed by atoms with Gasteiger partial charge < -0.3 is 4.74 Å². The van der Waals surface area contributed by atoms with Crippen molar-refractivity contribution in [1.29, 1.82) is 0 Å². The van der Waals surface area contributed by atoms with Gasteiger partial charge >= 0.3 is 5.97 Å². The maximum absolute atomic E-state index is 13.1. The standard InChI is InChI=1S/C27H23NO3/c1-17-13-14-18(2)22(15-17)24(29)16-31-27(30)25-19(3)26(20-9-5-4-6-10-20)28-23-12-8-7-11-21(23)25/h4-15H,16H2,1-3H3. The first-order valence-electron chi connectivity index (χ1n) is 10.2. The van der Waals surface area contributed by atoms with E-state index in [4.69, 9.17) is 9.72 Å². The Morgan fingerprint density at radius 2 is 1.58 bits per heavy atom. The van der Waals surface area contributed by atoms with Gasteiger partial charge in [0.2, 0.25) is 5.78 Å². The molecular weight excluding hydrogens is 386 g/mol. The minimum Gasteiger partial charge on any atom is -0.454 e. The van der Waals surface area contributed by atoms with Crippen LogP contribution in [0.1, 0.15) is 37.4 Å². The number of carbonyl (C=O) groups is 2. The topological polar surface area (TPSA) is 56.3 Å². The number of aryl methyl sites for hydroxylation is 2. The van der Waals surface area contributed by atoms with Crippen LogP contribution in [0, 0.1) is 20.8 Å². The van der Waals surface area contributed by atoms with Crippen molar-refractivity contribution in [2.75, 3.05) is 6.61 Å². The number of fused-ring (bicyclic) bond motifs is 1. The number of para-hydroxylation sites is 1.